The molecule has 1 aromatic rings. The fourth-order valence-corrected chi connectivity index (χ4v) is 2.35. The summed E-state index contributed by atoms with van der Waals surface area (Å²) in [5.74, 6) is 1.03. The number of benzene rings is 1. The van der Waals surface area contributed by atoms with Gasteiger partial charge in [0, 0.05) is 19.2 Å². The van der Waals surface area contributed by atoms with Crippen LogP contribution in [0.2, 0.25) is 0 Å². The Kier molecular flexibility index (Phi) is 3.21. The van der Waals surface area contributed by atoms with Crippen LogP contribution in [0.4, 0.5) is 5.69 Å². The lowest BCUT2D eigenvalue weighted by molar-refractivity contribution is -0.118. The molecule has 1 aliphatic heterocycles. The van der Waals surface area contributed by atoms with Gasteiger partial charge in [0.25, 0.3) is 0 Å². The fourth-order valence-electron chi connectivity index (χ4n) is 2.17. The Hall–Kier alpha value is -0.960. The van der Waals surface area contributed by atoms with Gasteiger partial charge in [0.15, 0.2) is 0 Å². The average molecular weight is 249 g/mol. The summed E-state index contributed by atoms with van der Waals surface area (Å²) < 4.78 is 0. The Morgan fingerprint density at radius 1 is 1.35 bits per heavy atom. The van der Waals surface area contributed by atoms with E-state index in [4.69, 9.17) is 0 Å². The number of amides is 1. The minimum absolute atomic E-state index is 0.0815. The summed E-state index contributed by atoms with van der Waals surface area (Å²) in [5, 5.41) is 0. The van der Waals surface area contributed by atoms with E-state index in [1.54, 1.807) is 4.90 Å². The van der Waals surface area contributed by atoms with Crippen LogP contribution in [-0.4, -0.2) is 18.7 Å². The monoisotopic (exact) mass is 249 g/mol. The van der Waals surface area contributed by atoms with Gasteiger partial charge in [0.2, 0.25) is 5.91 Å². The normalized spacial score (nSPS) is 16.0. The number of rotatable bonds is 2. The molecule has 2 rings (SSSR count). The lowest BCUT2D eigenvalue weighted by Gasteiger charge is -2.29. The van der Waals surface area contributed by atoms with E-state index in [-0.39, 0.29) is 11.3 Å². The lowest BCUT2D eigenvalue weighted by Crippen LogP contribution is -2.31. The van der Waals surface area contributed by atoms with Gasteiger partial charge >= 0.3 is 0 Å². The van der Waals surface area contributed by atoms with E-state index in [0.717, 1.165) is 17.9 Å². The van der Waals surface area contributed by atoms with Crippen LogP contribution in [0.3, 0.4) is 0 Å². The summed E-state index contributed by atoms with van der Waals surface area (Å²) in [4.78, 5) is 13.4. The second kappa shape index (κ2) is 4.37. The van der Waals surface area contributed by atoms with Gasteiger partial charge in [-0.05, 0) is 34.8 Å². The first kappa shape index (κ1) is 12.5. The van der Waals surface area contributed by atoms with Gasteiger partial charge in [-0.2, -0.15) is 12.6 Å². The van der Waals surface area contributed by atoms with Crippen molar-refractivity contribution in [2.75, 3.05) is 17.7 Å². The highest BCUT2D eigenvalue weighted by Crippen LogP contribution is 2.32. The maximum Gasteiger partial charge on any atom is 0.227 e. The number of carbonyl (C=O) groups is 1. The molecule has 0 N–H and O–H groups in total. The van der Waals surface area contributed by atoms with Crippen LogP contribution in [0, 0.1) is 0 Å². The van der Waals surface area contributed by atoms with Crippen LogP contribution < -0.4 is 4.90 Å². The molecule has 92 valence electrons. The third kappa shape index (κ3) is 2.21. The summed E-state index contributed by atoms with van der Waals surface area (Å²) >= 11 is 4.41. The smallest absolute Gasteiger partial charge is 0.227 e. The van der Waals surface area contributed by atoms with Crippen LogP contribution in [0.15, 0.2) is 18.2 Å². The maximum absolute atomic E-state index is 11.6. The highest BCUT2D eigenvalue weighted by molar-refractivity contribution is 7.80. The SMILES string of the molecule is CN1C(=O)CCc2cc(C(C)(C)CS)ccc21. The zero-order valence-electron chi connectivity index (χ0n) is 10.7. The molecule has 17 heavy (non-hydrogen) atoms. The van der Waals surface area contributed by atoms with Crippen LogP contribution in [0.5, 0.6) is 0 Å². The third-order valence-corrected chi connectivity index (χ3v) is 4.39. The number of fused-ring (bicyclic) bond motifs is 1. The summed E-state index contributed by atoms with van der Waals surface area (Å²) in [6.07, 6.45) is 1.48. The van der Waals surface area contributed by atoms with Gasteiger partial charge in [-0.1, -0.05) is 26.0 Å². The van der Waals surface area contributed by atoms with Gasteiger partial charge in [-0.25, -0.2) is 0 Å². The molecule has 1 aromatic carbocycles. The molecule has 0 atom stereocenters. The number of thiol groups is 1. The van der Waals surface area contributed by atoms with E-state index in [9.17, 15) is 4.79 Å². The van der Waals surface area contributed by atoms with E-state index in [1.165, 1.54) is 11.1 Å². The van der Waals surface area contributed by atoms with E-state index in [1.807, 2.05) is 7.05 Å². The van der Waals surface area contributed by atoms with Gasteiger partial charge in [-0.3, -0.25) is 4.79 Å². The van der Waals surface area contributed by atoms with Crippen molar-refractivity contribution < 1.29 is 4.79 Å². The molecular formula is C14H19NOS. The van der Waals surface area contributed by atoms with Crippen molar-refractivity contribution in [2.24, 2.45) is 0 Å². The minimum Gasteiger partial charge on any atom is -0.315 e. The minimum atomic E-state index is 0.0815. The molecule has 0 fully saturated rings. The molecule has 0 aromatic heterocycles. The highest BCUT2D eigenvalue weighted by atomic mass is 32.1. The average Bonchev–Trinajstić information content (AvgIpc) is 2.33. The molecule has 2 nitrogen and oxygen atoms in total. The predicted octanol–water partition coefficient (Wildman–Crippen LogP) is 2.80. The lowest BCUT2D eigenvalue weighted by atomic mass is 9.84. The van der Waals surface area contributed by atoms with E-state index in [0.29, 0.717) is 6.42 Å². The van der Waals surface area contributed by atoms with Crippen molar-refractivity contribution in [3.8, 4) is 0 Å². The number of aryl methyl sites for hydroxylation is 1. The van der Waals surface area contributed by atoms with Gasteiger partial charge in [0.1, 0.15) is 0 Å². The van der Waals surface area contributed by atoms with Crippen LogP contribution in [-0.2, 0) is 16.6 Å². The van der Waals surface area contributed by atoms with E-state index < -0.39 is 0 Å². The number of hydrogen-bond acceptors (Lipinski definition) is 2. The summed E-state index contributed by atoms with van der Waals surface area (Å²) in [6, 6.07) is 6.41. The molecule has 0 aliphatic carbocycles. The molecule has 0 bridgehead atoms. The standard InChI is InChI=1S/C14H19NOS/c1-14(2,9-17)11-5-6-12-10(8-11)4-7-13(16)15(12)3/h5-6,8,17H,4,7,9H2,1-3H3. The second-order valence-electron chi connectivity index (χ2n) is 5.34. The Morgan fingerprint density at radius 3 is 2.71 bits per heavy atom. The van der Waals surface area contributed by atoms with Gasteiger partial charge < -0.3 is 4.90 Å². The summed E-state index contributed by atoms with van der Waals surface area (Å²) in [7, 11) is 1.85. The van der Waals surface area contributed by atoms with Crippen LogP contribution in [0.1, 0.15) is 31.4 Å². The summed E-state index contributed by atoms with van der Waals surface area (Å²) in [5.41, 5.74) is 3.71. The molecule has 0 saturated heterocycles. The Balaban J connectivity index is 2.42. The molecule has 3 heteroatoms. The van der Waals surface area contributed by atoms with Crippen molar-refractivity contribution in [3.05, 3.63) is 29.3 Å². The fraction of sp³-hybridized carbons (Fsp3) is 0.500. The van der Waals surface area contributed by atoms with Crippen LogP contribution >= 0.6 is 12.6 Å². The Bertz CT molecular complexity index is 454. The molecule has 0 saturated carbocycles. The summed E-state index contributed by atoms with van der Waals surface area (Å²) in [6.45, 7) is 4.39. The van der Waals surface area contributed by atoms with Crippen molar-refractivity contribution in [3.63, 3.8) is 0 Å². The molecule has 0 radical (unpaired) electrons. The van der Waals surface area contributed by atoms with Gasteiger partial charge in [-0.15, -0.1) is 0 Å². The zero-order valence-corrected chi connectivity index (χ0v) is 11.6. The topological polar surface area (TPSA) is 20.3 Å². The highest BCUT2D eigenvalue weighted by Gasteiger charge is 2.24. The van der Waals surface area contributed by atoms with Crippen molar-refractivity contribution in [2.45, 2.75) is 32.1 Å². The molecule has 1 heterocycles. The van der Waals surface area contributed by atoms with Crippen LogP contribution in [0.25, 0.3) is 0 Å². The largest absolute Gasteiger partial charge is 0.315 e. The number of hydrogen-bond donors (Lipinski definition) is 1. The number of carbonyl (C=O) groups excluding carboxylic acids is 1. The first-order chi connectivity index (χ1) is 7.95. The Morgan fingerprint density at radius 2 is 2.06 bits per heavy atom. The third-order valence-electron chi connectivity index (χ3n) is 3.60. The first-order valence-electron chi connectivity index (χ1n) is 5.96. The quantitative estimate of drug-likeness (QED) is 0.799. The molecule has 1 aliphatic rings. The first-order valence-corrected chi connectivity index (χ1v) is 6.60. The predicted molar refractivity (Wildman–Crippen MR) is 75.1 cm³/mol. The van der Waals surface area contributed by atoms with Gasteiger partial charge in [0.05, 0.1) is 0 Å². The maximum atomic E-state index is 11.6. The molecule has 1 amide bonds. The number of anilines is 1. The van der Waals surface area contributed by atoms with E-state index in [2.05, 4.69) is 44.7 Å². The Labute approximate surface area is 108 Å². The van der Waals surface area contributed by atoms with Crippen molar-refractivity contribution in [1.82, 2.24) is 0 Å². The zero-order chi connectivity index (χ0) is 12.6. The molecule has 0 unspecified atom stereocenters. The van der Waals surface area contributed by atoms with Crippen molar-refractivity contribution >= 4 is 24.2 Å². The molecule has 0 spiro atoms. The van der Waals surface area contributed by atoms with Crippen molar-refractivity contribution in [1.29, 1.82) is 0 Å². The second-order valence-corrected chi connectivity index (χ2v) is 5.65. The van der Waals surface area contributed by atoms with E-state index >= 15 is 0 Å². The number of nitrogens with zero attached hydrogens (tertiary/aromatic N) is 1. The molecular weight excluding hydrogens is 230 g/mol.